The van der Waals surface area contributed by atoms with E-state index < -0.39 is 0 Å². The van der Waals surface area contributed by atoms with Gasteiger partial charge in [-0.15, -0.1) is 0 Å². The number of carbonyl (C=O) groups is 1. The van der Waals surface area contributed by atoms with E-state index in [1.54, 1.807) is 24.3 Å². The van der Waals surface area contributed by atoms with Crippen LogP contribution in [0.5, 0.6) is 0 Å². The van der Waals surface area contributed by atoms with Crippen molar-refractivity contribution in [2.75, 3.05) is 0 Å². The summed E-state index contributed by atoms with van der Waals surface area (Å²) >= 11 is 13.7. The molecule has 0 radical (unpaired) electrons. The molecule has 4 heteroatoms. The Kier molecular flexibility index (Phi) is 3.40. The summed E-state index contributed by atoms with van der Waals surface area (Å²) in [6.07, 6.45) is 1.76. The molecule has 2 aromatic carbocycles. The molecule has 1 nitrogen and oxygen atoms in total. The van der Waals surface area contributed by atoms with E-state index in [4.69, 9.17) is 23.2 Å². The summed E-state index contributed by atoms with van der Waals surface area (Å²) in [6, 6.07) is 12.9. The minimum absolute atomic E-state index is 0.0246. The standard InChI is InChI=1S/C15H8Cl2OS/c16-11-5-3-6-12(17)10(11)8-14-15(18)9-4-1-2-7-13(9)19-14/h1-8H/b14-8+. The zero-order valence-electron chi connectivity index (χ0n) is 9.69. The van der Waals surface area contributed by atoms with Crippen molar-refractivity contribution in [1.82, 2.24) is 0 Å². The number of allylic oxidation sites excluding steroid dienone is 1. The van der Waals surface area contributed by atoms with Gasteiger partial charge in [-0.3, -0.25) is 4.79 Å². The van der Waals surface area contributed by atoms with E-state index >= 15 is 0 Å². The highest BCUT2D eigenvalue weighted by Gasteiger charge is 2.25. The van der Waals surface area contributed by atoms with Crippen LogP contribution in [-0.2, 0) is 0 Å². The van der Waals surface area contributed by atoms with Gasteiger partial charge in [-0.25, -0.2) is 0 Å². The van der Waals surface area contributed by atoms with Crippen LogP contribution in [0.3, 0.4) is 0 Å². The molecule has 0 bridgehead atoms. The van der Waals surface area contributed by atoms with Gasteiger partial charge in [0.2, 0.25) is 5.78 Å². The lowest BCUT2D eigenvalue weighted by molar-refractivity contribution is 0.104. The monoisotopic (exact) mass is 306 g/mol. The number of carbonyl (C=O) groups excluding carboxylic acids is 1. The van der Waals surface area contributed by atoms with Crippen molar-refractivity contribution in [3.63, 3.8) is 0 Å². The van der Waals surface area contributed by atoms with Crippen molar-refractivity contribution in [1.29, 1.82) is 0 Å². The van der Waals surface area contributed by atoms with Crippen molar-refractivity contribution in [2.24, 2.45) is 0 Å². The molecule has 2 aromatic rings. The molecule has 3 rings (SSSR count). The van der Waals surface area contributed by atoms with Gasteiger partial charge in [0.1, 0.15) is 0 Å². The average molecular weight is 307 g/mol. The lowest BCUT2D eigenvalue weighted by Gasteiger charge is -2.02. The molecule has 0 saturated heterocycles. The summed E-state index contributed by atoms with van der Waals surface area (Å²) in [4.78, 5) is 13.9. The van der Waals surface area contributed by atoms with Crippen LogP contribution in [0.4, 0.5) is 0 Å². The number of halogens is 2. The largest absolute Gasteiger partial charge is 0.288 e. The van der Waals surface area contributed by atoms with Crippen LogP contribution in [0.25, 0.3) is 6.08 Å². The van der Waals surface area contributed by atoms with Crippen LogP contribution in [0.15, 0.2) is 52.3 Å². The Morgan fingerprint density at radius 3 is 2.32 bits per heavy atom. The first-order chi connectivity index (χ1) is 9.16. The second kappa shape index (κ2) is 5.04. The fraction of sp³-hybridized carbons (Fsp3) is 0. The molecule has 0 N–H and O–H groups in total. The molecular weight excluding hydrogens is 299 g/mol. The maximum Gasteiger partial charge on any atom is 0.200 e. The summed E-state index contributed by atoms with van der Waals surface area (Å²) in [6.45, 7) is 0. The normalized spacial score (nSPS) is 15.9. The maximum atomic E-state index is 12.2. The van der Waals surface area contributed by atoms with E-state index in [1.807, 2.05) is 24.3 Å². The third kappa shape index (κ3) is 2.32. The Bertz CT molecular complexity index is 687. The second-order valence-corrected chi connectivity index (χ2v) is 5.97. The highest BCUT2D eigenvalue weighted by molar-refractivity contribution is 8.04. The molecule has 0 saturated carbocycles. The number of rotatable bonds is 1. The zero-order chi connectivity index (χ0) is 13.4. The summed E-state index contributed by atoms with van der Waals surface area (Å²) in [5, 5.41) is 1.09. The number of hydrogen-bond acceptors (Lipinski definition) is 2. The molecule has 0 atom stereocenters. The number of benzene rings is 2. The fourth-order valence-electron chi connectivity index (χ4n) is 1.92. The van der Waals surface area contributed by atoms with E-state index in [0.29, 0.717) is 20.5 Å². The lowest BCUT2D eigenvalue weighted by Crippen LogP contribution is -1.93. The first kappa shape index (κ1) is 12.8. The highest BCUT2D eigenvalue weighted by Crippen LogP contribution is 2.41. The Morgan fingerprint density at radius 2 is 1.63 bits per heavy atom. The lowest BCUT2D eigenvalue weighted by atomic mass is 10.1. The molecule has 1 aliphatic rings. The van der Waals surface area contributed by atoms with Crippen molar-refractivity contribution in [2.45, 2.75) is 4.90 Å². The summed E-state index contributed by atoms with van der Waals surface area (Å²) in [5.41, 5.74) is 1.43. The Morgan fingerprint density at radius 1 is 0.947 bits per heavy atom. The third-order valence-electron chi connectivity index (χ3n) is 2.85. The smallest absolute Gasteiger partial charge is 0.200 e. The van der Waals surface area contributed by atoms with E-state index in [-0.39, 0.29) is 5.78 Å². The number of hydrogen-bond donors (Lipinski definition) is 0. The molecule has 0 aliphatic carbocycles. The minimum Gasteiger partial charge on any atom is -0.288 e. The van der Waals surface area contributed by atoms with Crippen LogP contribution in [0, 0.1) is 0 Å². The molecule has 94 valence electrons. The summed E-state index contributed by atoms with van der Waals surface area (Å²) < 4.78 is 0. The number of ketones is 1. The molecule has 19 heavy (non-hydrogen) atoms. The average Bonchev–Trinajstić information content (AvgIpc) is 2.72. The van der Waals surface area contributed by atoms with Crippen molar-refractivity contribution < 1.29 is 4.79 Å². The van der Waals surface area contributed by atoms with Crippen molar-refractivity contribution in [3.05, 3.63) is 68.5 Å². The van der Waals surface area contributed by atoms with Gasteiger partial charge in [-0.2, -0.15) is 0 Å². The van der Waals surface area contributed by atoms with Crippen LogP contribution in [0.2, 0.25) is 10.0 Å². The zero-order valence-corrected chi connectivity index (χ0v) is 12.0. The summed E-state index contributed by atoms with van der Waals surface area (Å²) in [5.74, 6) is 0.0246. The molecule has 0 fully saturated rings. The van der Waals surface area contributed by atoms with E-state index in [1.165, 1.54) is 11.8 Å². The molecule has 0 aromatic heterocycles. The van der Waals surface area contributed by atoms with Crippen LogP contribution < -0.4 is 0 Å². The van der Waals surface area contributed by atoms with E-state index in [0.717, 1.165) is 10.5 Å². The predicted molar refractivity (Wildman–Crippen MR) is 81.1 cm³/mol. The van der Waals surface area contributed by atoms with Crippen LogP contribution >= 0.6 is 35.0 Å². The van der Waals surface area contributed by atoms with Gasteiger partial charge in [0, 0.05) is 26.1 Å². The van der Waals surface area contributed by atoms with Crippen LogP contribution in [0.1, 0.15) is 15.9 Å². The molecule has 0 unspecified atom stereocenters. The van der Waals surface area contributed by atoms with Gasteiger partial charge in [0.15, 0.2) is 0 Å². The minimum atomic E-state index is 0.0246. The molecule has 1 heterocycles. The van der Waals surface area contributed by atoms with Crippen molar-refractivity contribution in [3.8, 4) is 0 Å². The number of Topliss-reactive ketones (excluding diaryl/α,β-unsaturated/α-hetero) is 1. The maximum absolute atomic E-state index is 12.2. The first-order valence-electron chi connectivity index (χ1n) is 5.64. The Labute approximate surface area is 125 Å². The molecule has 0 spiro atoms. The first-order valence-corrected chi connectivity index (χ1v) is 7.21. The predicted octanol–water partition coefficient (Wildman–Crippen LogP) is 5.32. The molecule has 1 aliphatic heterocycles. The third-order valence-corrected chi connectivity index (χ3v) is 4.61. The molecular formula is C15H8Cl2OS. The van der Waals surface area contributed by atoms with E-state index in [9.17, 15) is 4.79 Å². The van der Waals surface area contributed by atoms with Gasteiger partial charge in [0.25, 0.3) is 0 Å². The van der Waals surface area contributed by atoms with E-state index in [2.05, 4.69) is 0 Å². The Hall–Kier alpha value is -1.22. The number of fused-ring (bicyclic) bond motifs is 1. The number of thioether (sulfide) groups is 1. The van der Waals surface area contributed by atoms with Gasteiger partial charge in [-0.05, 0) is 30.3 Å². The summed E-state index contributed by atoms with van der Waals surface area (Å²) in [7, 11) is 0. The molecule has 0 amide bonds. The highest BCUT2D eigenvalue weighted by atomic mass is 35.5. The van der Waals surface area contributed by atoms with Crippen LogP contribution in [-0.4, -0.2) is 5.78 Å². The topological polar surface area (TPSA) is 17.1 Å². The fourth-order valence-corrected chi connectivity index (χ4v) is 3.46. The van der Waals surface area contributed by atoms with Gasteiger partial charge >= 0.3 is 0 Å². The second-order valence-electron chi connectivity index (χ2n) is 4.07. The van der Waals surface area contributed by atoms with Gasteiger partial charge < -0.3 is 0 Å². The SMILES string of the molecule is O=C1/C(=C\c2c(Cl)cccc2Cl)Sc2ccccc21. The van der Waals surface area contributed by atoms with Gasteiger partial charge in [-0.1, -0.05) is 53.2 Å². The quantitative estimate of drug-likeness (QED) is 0.663. The Balaban J connectivity index is 2.06. The van der Waals surface area contributed by atoms with Gasteiger partial charge in [0.05, 0.1) is 4.91 Å². The van der Waals surface area contributed by atoms with Crippen molar-refractivity contribution >= 4 is 46.8 Å².